The highest BCUT2D eigenvalue weighted by atomic mass is 16.5. The first-order valence-electron chi connectivity index (χ1n) is 8.92. The standard InChI is InChI=1S/C19H27N3O3/c1-24-16-10-6-7-14(18(16)19(23)25-2)11-12-17-21-20-13-22(17)15-8-4-3-5-9-15/h6-7,10-12,15,17,20-21H,3-5,8-9,13H2,1-2H3/b12-11+. The fraction of sp³-hybridized carbons (Fsp3) is 0.526. The van der Waals surface area contributed by atoms with Crippen molar-refractivity contribution in [1.29, 1.82) is 0 Å². The maximum Gasteiger partial charge on any atom is 0.342 e. The maximum atomic E-state index is 12.1. The molecule has 3 rings (SSSR count). The number of hydrogen-bond acceptors (Lipinski definition) is 6. The largest absolute Gasteiger partial charge is 0.496 e. The Kier molecular flexibility index (Phi) is 6.07. The van der Waals surface area contributed by atoms with Crippen LogP contribution in [0, 0.1) is 0 Å². The summed E-state index contributed by atoms with van der Waals surface area (Å²) >= 11 is 0. The summed E-state index contributed by atoms with van der Waals surface area (Å²) in [6, 6.07) is 6.16. The summed E-state index contributed by atoms with van der Waals surface area (Å²) in [5.41, 5.74) is 7.79. The van der Waals surface area contributed by atoms with Crippen LogP contribution in [0.4, 0.5) is 0 Å². The number of hydrazine groups is 1. The lowest BCUT2D eigenvalue weighted by molar-refractivity contribution is 0.0597. The average molecular weight is 345 g/mol. The van der Waals surface area contributed by atoms with Gasteiger partial charge in [-0.3, -0.25) is 4.90 Å². The van der Waals surface area contributed by atoms with Gasteiger partial charge in [0.1, 0.15) is 11.3 Å². The molecule has 136 valence electrons. The quantitative estimate of drug-likeness (QED) is 0.800. The number of rotatable bonds is 5. The Hall–Kier alpha value is -1.89. The van der Waals surface area contributed by atoms with Crippen molar-refractivity contribution >= 4 is 12.0 Å². The molecule has 2 aliphatic rings. The number of methoxy groups -OCH3 is 2. The van der Waals surface area contributed by atoms with E-state index in [4.69, 9.17) is 9.47 Å². The molecule has 0 bridgehead atoms. The maximum absolute atomic E-state index is 12.1. The highest BCUT2D eigenvalue weighted by Crippen LogP contribution is 2.27. The number of nitrogens with one attached hydrogen (secondary N) is 2. The Bertz CT molecular complexity index is 626. The van der Waals surface area contributed by atoms with Gasteiger partial charge < -0.3 is 9.47 Å². The molecule has 0 spiro atoms. The summed E-state index contributed by atoms with van der Waals surface area (Å²) in [5.74, 6) is 0.134. The average Bonchev–Trinajstić information content (AvgIpc) is 3.14. The summed E-state index contributed by atoms with van der Waals surface area (Å²) in [4.78, 5) is 14.6. The van der Waals surface area contributed by atoms with Crippen LogP contribution in [-0.2, 0) is 4.74 Å². The van der Waals surface area contributed by atoms with Crippen LogP contribution in [0.25, 0.3) is 6.08 Å². The number of carbonyl (C=O) groups is 1. The number of nitrogens with zero attached hydrogens (tertiary/aromatic N) is 1. The molecule has 6 nitrogen and oxygen atoms in total. The molecule has 1 saturated heterocycles. The summed E-state index contributed by atoms with van der Waals surface area (Å²) < 4.78 is 10.2. The Morgan fingerprint density at radius 1 is 1.24 bits per heavy atom. The second-order valence-corrected chi connectivity index (χ2v) is 6.51. The predicted octanol–water partition coefficient (Wildman–Crippen LogP) is 2.52. The van der Waals surface area contributed by atoms with Gasteiger partial charge in [-0.05, 0) is 24.5 Å². The molecule has 1 saturated carbocycles. The van der Waals surface area contributed by atoms with Gasteiger partial charge >= 0.3 is 5.97 Å². The van der Waals surface area contributed by atoms with Gasteiger partial charge in [0.25, 0.3) is 0 Å². The number of ether oxygens (including phenoxy) is 2. The minimum atomic E-state index is -0.390. The number of hydrogen-bond donors (Lipinski definition) is 2. The van der Waals surface area contributed by atoms with E-state index in [1.807, 2.05) is 18.2 Å². The highest BCUT2D eigenvalue weighted by molar-refractivity contribution is 5.96. The SMILES string of the molecule is COC(=O)c1c(/C=C/C2NNCN2C2CCCCC2)cccc1OC. The van der Waals surface area contributed by atoms with Crippen LogP contribution < -0.4 is 15.6 Å². The monoisotopic (exact) mass is 345 g/mol. The smallest absolute Gasteiger partial charge is 0.342 e. The van der Waals surface area contributed by atoms with E-state index >= 15 is 0 Å². The zero-order valence-corrected chi connectivity index (χ0v) is 15.0. The number of carbonyl (C=O) groups excluding carboxylic acids is 1. The molecule has 0 amide bonds. The van der Waals surface area contributed by atoms with Crippen molar-refractivity contribution in [2.45, 2.75) is 44.3 Å². The van der Waals surface area contributed by atoms with E-state index in [1.165, 1.54) is 39.2 Å². The molecule has 25 heavy (non-hydrogen) atoms. The van der Waals surface area contributed by atoms with Gasteiger partial charge in [0.15, 0.2) is 0 Å². The molecule has 1 aliphatic heterocycles. The zero-order valence-electron chi connectivity index (χ0n) is 15.0. The van der Waals surface area contributed by atoms with Crippen molar-refractivity contribution in [3.63, 3.8) is 0 Å². The normalized spacial score (nSPS) is 22.4. The lowest BCUT2D eigenvalue weighted by Crippen LogP contribution is -2.42. The molecule has 1 atom stereocenters. The molecular formula is C19H27N3O3. The van der Waals surface area contributed by atoms with Crippen LogP contribution in [0.2, 0.25) is 0 Å². The van der Waals surface area contributed by atoms with Crippen molar-refractivity contribution < 1.29 is 14.3 Å². The predicted molar refractivity (Wildman–Crippen MR) is 97.0 cm³/mol. The van der Waals surface area contributed by atoms with Crippen molar-refractivity contribution in [3.8, 4) is 5.75 Å². The van der Waals surface area contributed by atoms with Gasteiger partial charge in [-0.2, -0.15) is 0 Å². The molecule has 6 heteroatoms. The minimum absolute atomic E-state index is 0.111. The molecule has 2 N–H and O–H groups in total. The number of benzene rings is 1. The van der Waals surface area contributed by atoms with Crippen LogP contribution in [0.1, 0.15) is 48.0 Å². The molecule has 1 unspecified atom stereocenters. The molecule has 0 aromatic heterocycles. The van der Waals surface area contributed by atoms with E-state index in [0.29, 0.717) is 17.4 Å². The molecule has 2 fully saturated rings. The van der Waals surface area contributed by atoms with Crippen LogP contribution in [0.5, 0.6) is 5.75 Å². The zero-order chi connectivity index (χ0) is 17.6. The fourth-order valence-electron chi connectivity index (χ4n) is 3.72. The second-order valence-electron chi connectivity index (χ2n) is 6.51. The summed E-state index contributed by atoms with van der Waals surface area (Å²) in [6.07, 6.45) is 10.6. The third kappa shape index (κ3) is 4.03. The third-order valence-electron chi connectivity index (χ3n) is 5.04. The summed E-state index contributed by atoms with van der Waals surface area (Å²) in [5, 5.41) is 0. The van der Waals surface area contributed by atoms with Gasteiger partial charge in [-0.25, -0.2) is 15.6 Å². The summed E-state index contributed by atoms with van der Waals surface area (Å²) in [6.45, 7) is 0.835. The van der Waals surface area contributed by atoms with Crippen molar-refractivity contribution in [3.05, 3.63) is 35.4 Å². The second kappa shape index (κ2) is 8.47. The molecular weight excluding hydrogens is 318 g/mol. The molecule has 1 aromatic rings. The Balaban J connectivity index is 1.80. The van der Waals surface area contributed by atoms with Gasteiger partial charge in [-0.15, -0.1) is 0 Å². The van der Waals surface area contributed by atoms with Gasteiger partial charge in [0.2, 0.25) is 0 Å². The lowest BCUT2D eigenvalue weighted by Gasteiger charge is -2.33. The number of esters is 1. The van der Waals surface area contributed by atoms with E-state index < -0.39 is 5.97 Å². The minimum Gasteiger partial charge on any atom is -0.496 e. The van der Waals surface area contributed by atoms with E-state index in [0.717, 1.165) is 12.2 Å². The van der Waals surface area contributed by atoms with Crippen LogP contribution >= 0.6 is 0 Å². The molecule has 0 radical (unpaired) electrons. The van der Waals surface area contributed by atoms with Crippen LogP contribution in [0.15, 0.2) is 24.3 Å². The lowest BCUT2D eigenvalue weighted by atomic mass is 9.94. The topological polar surface area (TPSA) is 62.8 Å². The van der Waals surface area contributed by atoms with Gasteiger partial charge in [0.05, 0.1) is 27.1 Å². The van der Waals surface area contributed by atoms with Crippen molar-refractivity contribution in [2.24, 2.45) is 0 Å². The molecule has 1 aromatic carbocycles. The van der Waals surface area contributed by atoms with Gasteiger partial charge in [0, 0.05) is 6.04 Å². The first kappa shape index (κ1) is 17.9. The third-order valence-corrected chi connectivity index (χ3v) is 5.04. The van der Waals surface area contributed by atoms with Gasteiger partial charge in [-0.1, -0.05) is 43.5 Å². The first-order chi connectivity index (χ1) is 12.2. The van der Waals surface area contributed by atoms with Crippen molar-refractivity contribution in [2.75, 3.05) is 20.9 Å². The first-order valence-corrected chi connectivity index (χ1v) is 8.92. The Morgan fingerprint density at radius 3 is 2.76 bits per heavy atom. The van der Waals surface area contributed by atoms with Crippen LogP contribution in [-0.4, -0.2) is 44.0 Å². The summed E-state index contributed by atoms with van der Waals surface area (Å²) in [7, 11) is 2.94. The van der Waals surface area contributed by atoms with E-state index in [1.54, 1.807) is 13.2 Å². The molecule has 1 heterocycles. The Morgan fingerprint density at radius 2 is 2.04 bits per heavy atom. The van der Waals surface area contributed by atoms with Crippen molar-refractivity contribution in [1.82, 2.24) is 15.8 Å². The Labute approximate surface area is 149 Å². The fourth-order valence-corrected chi connectivity index (χ4v) is 3.72. The van der Waals surface area contributed by atoms with E-state index in [9.17, 15) is 4.79 Å². The van der Waals surface area contributed by atoms with E-state index in [-0.39, 0.29) is 6.17 Å². The van der Waals surface area contributed by atoms with E-state index in [2.05, 4.69) is 21.8 Å². The molecule has 1 aliphatic carbocycles. The van der Waals surface area contributed by atoms with Crippen LogP contribution in [0.3, 0.4) is 0 Å². The highest BCUT2D eigenvalue weighted by Gasteiger charge is 2.29.